The number of aryl methyl sites for hydroxylation is 1. The van der Waals surface area contributed by atoms with Crippen molar-refractivity contribution in [2.45, 2.75) is 32.6 Å². The second-order valence-electron chi connectivity index (χ2n) is 6.55. The van der Waals surface area contributed by atoms with E-state index in [-0.39, 0.29) is 0 Å². The van der Waals surface area contributed by atoms with Gasteiger partial charge in [-0.1, -0.05) is 25.1 Å². The molecule has 2 rings (SSSR count). The van der Waals surface area contributed by atoms with Crippen molar-refractivity contribution in [2.75, 3.05) is 14.2 Å². The molecule has 26 heavy (non-hydrogen) atoms. The Balaban J connectivity index is 2.80. The van der Waals surface area contributed by atoms with Crippen molar-refractivity contribution in [3.05, 3.63) is 47.0 Å². The van der Waals surface area contributed by atoms with Gasteiger partial charge in [-0.25, -0.2) is 0 Å². The molecule has 0 aromatic heterocycles. The Bertz CT molecular complexity index is 880. The summed E-state index contributed by atoms with van der Waals surface area (Å²) in [6.45, 7) is 5.82. The SMILES string of the molecule is CCc1cc(-c2c(C(N)=O)ccc(OC)c2OC)ccc1C(C)(C)C#N. The molecule has 0 bridgehead atoms. The molecule has 2 aromatic carbocycles. The van der Waals surface area contributed by atoms with Crippen molar-refractivity contribution < 1.29 is 14.3 Å². The van der Waals surface area contributed by atoms with Crippen molar-refractivity contribution in [3.8, 4) is 28.7 Å². The van der Waals surface area contributed by atoms with Gasteiger partial charge in [-0.2, -0.15) is 5.26 Å². The fourth-order valence-electron chi connectivity index (χ4n) is 3.13. The first-order valence-electron chi connectivity index (χ1n) is 8.40. The molecule has 136 valence electrons. The third-order valence-electron chi connectivity index (χ3n) is 4.54. The number of hydrogen-bond acceptors (Lipinski definition) is 4. The Labute approximate surface area is 154 Å². The number of ether oxygens (including phenoxy) is 2. The van der Waals surface area contributed by atoms with E-state index in [1.165, 1.54) is 7.11 Å². The summed E-state index contributed by atoms with van der Waals surface area (Å²) < 4.78 is 10.9. The number of methoxy groups -OCH3 is 2. The zero-order valence-corrected chi connectivity index (χ0v) is 15.8. The third kappa shape index (κ3) is 3.36. The van der Waals surface area contributed by atoms with Crippen LogP contribution in [0.15, 0.2) is 30.3 Å². The van der Waals surface area contributed by atoms with Crippen LogP contribution in [-0.2, 0) is 11.8 Å². The van der Waals surface area contributed by atoms with Crippen LogP contribution in [0.4, 0.5) is 0 Å². The van der Waals surface area contributed by atoms with Crippen LogP contribution in [0.1, 0.15) is 42.3 Å². The number of amides is 1. The summed E-state index contributed by atoms with van der Waals surface area (Å²) in [5.41, 5.74) is 8.73. The van der Waals surface area contributed by atoms with Crippen LogP contribution in [-0.4, -0.2) is 20.1 Å². The van der Waals surface area contributed by atoms with Gasteiger partial charge in [0, 0.05) is 5.56 Å². The number of carbonyl (C=O) groups is 1. The summed E-state index contributed by atoms with van der Waals surface area (Å²) in [6, 6.07) is 11.4. The van der Waals surface area contributed by atoms with Crippen molar-refractivity contribution in [1.82, 2.24) is 0 Å². The van der Waals surface area contributed by atoms with Crippen molar-refractivity contribution >= 4 is 5.91 Å². The Morgan fingerprint density at radius 1 is 1.19 bits per heavy atom. The summed E-state index contributed by atoms with van der Waals surface area (Å²) in [5.74, 6) is 0.436. The molecule has 0 radical (unpaired) electrons. The number of benzene rings is 2. The second kappa shape index (κ2) is 7.49. The van der Waals surface area contributed by atoms with Gasteiger partial charge in [0.1, 0.15) is 0 Å². The zero-order valence-electron chi connectivity index (χ0n) is 15.8. The average molecular weight is 352 g/mol. The number of nitrogens with zero attached hydrogens (tertiary/aromatic N) is 1. The van der Waals surface area contributed by atoms with E-state index in [0.717, 1.165) is 23.1 Å². The molecule has 0 saturated heterocycles. The lowest BCUT2D eigenvalue weighted by molar-refractivity contribution is 0.100. The van der Waals surface area contributed by atoms with Crippen LogP contribution in [0.25, 0.3) is 11.1 Å². The standard InChI is InChI=1S/C21H24N2O3/c1-6-13-11-14(7-9-16(13)21(2,3)12-22)18-15(20(23)24)8-10-17(25-4)19(18)26-5/h7-11H,6H2,1-5H3,(H2,23,24). The highest BCUT2D eigenvalue weighted by molar-refractivity contribution is 6.02. The molecule has 0 spiro atoms. The van der Waals surface area contributed by atoms with Crippen molar-refractivity contribution in [2.24, 2.45) is 5.73 Å². The average Bonchev–Trinajstić information content (AvgIpc) is 2.65. The molecule has 0 atom stereocenters. The molecule has 0 fully saturated rings. The van der Waals surface area contributed by atoms with E-state index in [4.69, 9.17) is 15.2 Å². The topological polar surface area (TPSA) is 85.3 Å². The quantitative estimate of drug-likeness (QED) is 0.856. The van der Waals surface area contributed by atoms with Crippen molar-refractivity contribution in [3.63, 3.8) is 0 Å². The largest absolute Gasteiger partial charge is 0.493 e. The zero-order chi connectivity index (χ0) is 19.5. The Morgan fingerprint density at radius 2 is 1.88 bits per heavy atom. The van der Waals surface area contributed by atoms with Gasteiger partial charge in [0.05, 0.1) is 31.3 Å². The summed E-state index contributed by atoms with van der Waals surface area (Å²) in [7, 11) is 3.07. The van der Waals surface area contributed by atoms with Crippen LogP contribution >= 0.6 is 0 Å². The summed E-state index contributed by atoms with van der Waals surface area (Å²) >= 11 is 0. The third-order valence-corrected chi connectivity index (χ3v) is 4.54. The molecule has 0 saturated carbocycles. The van der Waals surface area contributed by atoms with Crippen LogP contribution < -0.4 is 15.2 Å². The monoisotopic (exact) mass is 352 g/mol. The number of hydrogen-bond donors (Lipinski definition) is 1. The van der Waals surface area contributed by atoms with E-state index in [9.17, 15) is 10.1 Å². The van der Waals surface area contributed by atoms with E-state index in [0.29, 0.717) is 22.6 Å². The fourth-order valence-corrected chi connectivity index (χ4v) is 3.13. The van der Waals surface area contributed by atoms with Gasteiger partial charge in [0.15, 0.2) is 11.5 Å². The normalized spacial score (nSPS) is 10.9. The minimum Gasteiger partial charge on any atom is -0.493 e. The highest BCUT2D eigenvalue weighted by Gasteiger charge is 2.25. The van der Waals surface area contributed by atoms with Crippen LogP contribution in [0.5, 0.6) is 11.5 Å². The first-order valence-corrected chi connectivity index (χ1v) is 8.40. The Hall–Kier alpha value is -3.00. The van der Waals surface area contributed by atoms with E-state index in [1.807, 2.05) is 39.0 Å². The molecule has 5 heteroatoms. The lowest BCUT2D eigenvalue weighted by Gasteiger charge is -2.22. The lowest BCUT2D eigenvalue weighted by Crippen LogP contribution is -2.17. The van der Waals surface area contributed by atoms with Gasteiger partial charge in [-0.15, -0.1) is 0 Å². The van der Waals surface area contributed by atoms with E-state index >= 15 is 0 Å². The molecule has 0 aliphatic rings. The highest BCUT2D eigenvalue weighted by atomic mass is 16.5. The number of rotatable bonds is 6. The van der Waals surface area contributed by atoms with Gasteiger partial charge < -0.3 is 15.2 Å². The van der Waals surface area contributed by atoms with Gasteiger partial charge in [0.2, 0.25) is 5.91 Å². The van der Waals surface area contributed by atoms with Crippen LogP contribution in [0, 0.1) is 11.3 Å². The molecule has 0 unspecified atom stereocenters. The second-order valence-corrected chi connectivity index (χ2v) is 6.55. The molecule has 0 heterocycles. The fraction of sp³-hybridized carbons (Fsp3) is 0.333. The lowest BCUT2D eigenvalue weighted by atomic mass is 9.81. The van der Waals surface area contributed by atoms with Gasteiger partial charge in [-0.3, -0.25) is 4.79 Å². The number of nitrogens with two attached hydrogens (primary N) is 1. The van der Waals surface area contributed by atoms with Crippen molar-refractivity contribution in [1.29, 1.82) is 5.26 Å². The number of carbonyl (C=O) groups excluding carboxylic acids is 1. The van der Waals surface area contributed by atoms with Crippen LogP contribution in [0.3, 0.4) is 0 Å². The first-order chi connectivity index (χ1) is 12.3. The van der Waals surface area contributed by atoms with Gasteiger partial charge >= 0.3 is 0 Å². The van der Waals surface area contributed by atoms with E-state index < -0.39 is 11.3 Å². The number of primary amides is 1. The molecule has 2 aromatic rings. The smallest absolute Gasteiger partial charge is 0.249 e. The van der Waals surface area contributed by atoms with E-state index in [2.05, 4.69) is 6.07 Å². The maximum atomic E-state index is 12.0. The number of nitriles is 1. The molecule has 2 N–H and O–H groups in total. The minimum absolute atomic E-state index is 0.358. The molecule has 5 nitrogen and oxygen atoms in total. The summed E-state index contributed by atoms with van der Waals surface area (Å²) in [5, 5.41) is 9.47. The maximum absolute atomic E-state index is 12.0. The predicted molar refractivity (Wildman–Crippen MR) is 102 cm³/mol. The predicted octanol–water partition coefficient (Wildman–Crippen LogP) is 3.83. The molecular weight excluding hydrogens is 328 g/mol. The highest BCUT2D eigenvalue weighted by Crippen LogP contribution is 2.42. The molecule has 0 aliphatic carbocycles. The molecule has 0 aliphatic heterocycles. The minimum atomic E-state index is -0.602. The summed E-state index contributed by atoms with van der Waals surface area (Å²) in [4.78, 5) is 12.0. The maximum Gasteiger partial charge on any atom is 0.249 e. The molecule has 1 amide bonds. The van der Waals surface area contributed by atoms with Gasteiger partial charge in [-0.05, 0) is 49.1 Å². The molecular formula is C21H24N2O3. The Kier molecular flexibility index (Phi) is 5.56. The summed E-state index contributed by atoms with van der Waals surface area (Å²) in [6.07, 6.45) is 0.756. The first kappa shape index (κ1) is 19.3. The van der Waals surface area contributed by atoms with E-state index in [1.54, 1.807) is 19.2 Å². The Morgan fingerprint density at radius 3 is 2.38 bits per heavy atom. The van der Waals surface area contributed by atoms with Crippen LogP contribution in [0.2, 0.25) is 0 Å². The van der Waals surface area contributed by atoms with Gasteiger partial charge in [0.25, 0.3) is 0 Å².